The zero-order valence-corrected chi connectivity index (χ0v) is 12.3. The summed E-state index contributed by atoms with van der Waals surface area (Å²) in [6.07, 6.45) is 0. The molecule has 3 aromatic rings. The summed E-state index contributed by atoms with van der Waals surface area (Å²) in [6, 6.07) is 6.40. The van der Waals surface area contributed by atoms with E-state index in [9.17, 15) is 14.3 Å². The molecule has 0 aliphatic carbocycles. The minimum atomic E-state index is -1.07. The van der Waals surface area contributed by atoms with Gasteiger partial charge < -0.3 is 5.11 Å². The molecule has 21 heavy (non-hydrogen) atoms. The van der Waals surface area contributed by atoms with Crippen molar-refractivity contribution in [2.24, 2.45) is 0 Å². The van der Waals surface area contributed by atoms with Crippen LogP contribution in [0, 0.1) is 19.7 Å². The van der Waals surface area contributed by atoms with Gasteiger partial charge in [-0.25, -0.2) is 14.2 Å². The Morgan fingerprint density at radius 1 is 1.33 bits per heavy atom. The average Bonchev–Trinajstić information content (AvgIpc) is 2.91. The number of hydrogen-bond acceptors (Lipinski definition) is 3. The molecule has 0 aliphatic heterocycles. The zero-order valence-electron chi connectivity index (χ0n) is 11.5. The molecule has 0 amide bonds. The topological polar surface area (TPSA) is 50.2 Å². The molecule has 0 saturated carbocycles. The van der Waals surface area contributed by atoms with Crippen molar-refractivity contribution < 1.29 is 14.3 Å². The van der Waals surface area contributed by atoms with E-state index in [0.717, 1.165) is 4.88 Å². The number of aryl methyl sites for hydroxylation is 1. The van der Waals surface area contributed by atoms with Gasteiger partial charge in [-0.3, -0.25) is 0 Å². The predicted molar refractivity (Wildman–Crippen MR) is 81.4 cm³/mol. The lowest BCUT2D eigenvalue weighted by molar-refractivity contribution is 0.0698. The molecule has 2 aromatic heterocycles. The first-order valence-corrected chi connectivity index (χ1v) is 7.24. The highest BCUT2D eigenvalue weighted by molar-refractivity contribution is 7.13. The highest BCUT2D eigenvalue weighted by atomic mass is 32.1. The van der Waals surface area contributed by atoms with Gasteiger partial charge in [0, 0.05) is 5.39 Å². The normalized spacial score (nSPS) is 11.0. The number of pyridine rings is 1. The van der Waals surface area contributed by atoms with Crippen LogP contribution in [0.3, 0.4) is 0 Å². The molecule has 106 valence electrons. The number of carbonyl (C=O) groups is 1. The van der Waals surface area contributed by atoms with Crippen LogP contribution in [0.2, 0.25) is 0 Å². The van der Waals surface area contributed by atoms with Crippen LogP contribution in [-0.4, -0.2) is 16.1 Å². The number of nitrogens with zero attached hydrogens (tertiary/aromatic N) is 1. The summed E-state index contributed by atoms with van der Waals surface area (Å²) in [6.45, 7) is 3.45. The highest BCUT2D eigenvalue weighted by Gasteiger charge is 2.20. The smallest absolute Gasteiger partial charge is 0.336 e. The molecular weight excluding hydrogens is 289 g/mol. The molecule has 1 N–H and O–H groups in total. The number of thiophene rings is 1. The number of rotatable bonds is 2. The van der Waals surface area contributed by atoms with E-state index >= 15 is 0 Å². The number of fused-ring (bicyclic) bond motifs is 1. The molecular formula is C16H12FNO2S. The number of halogens is 1. The van der Waals surface area contributed by atoms with Gasteiger partial charge in [-0.2, -0.15) is 0 Å². The highest BCUT2D eigenvalue weighted by Crippen LogP contribution is 2.33. The number of aromatic nitrogens is 1. The minimum Gasteiger partial charge on any atom is -0.478 e. The summed E-state index contributed by atoms with van der Waals surface area (Å²) >= 11 is 1.50. The first-order valence-electron chi connectivity index (χ1n) is 6.36. The van der Waals surface area contributed by atoms with Crippen LogP contribution in [0.15, 0.2) is 29.6 Å². The van der Waals surface area contributed by atoms with E-state index in [1.54, 1.807) is 13.8 Å². The van der Waals surface area contributed by atoms with Gasteiger partial charge in [0.2, 0.25) is 0 Å². The number of aromatic carboxylic acids is 1. The average molecular weight is 301 g/mol. The quantitative estimate of drug-likeness (QED) is 0.762. The standard InChI is InChI=1S/C16H12FNO2S/c1-8-6-10(17)7-11-13(16(19)20)9(2)15(18-14(8)11)12-4-3-5-21-12/h3-7H,1-2H3,(H,19,20). The van der Waals surface area contributed by atoms with E-state index < -0.39 is 11.8 Å². The van der Waals surface area contributed by atoms with Crippen molar-refractivity contribution in [2.75, 3.05) is 0 Å². The molecule has 0 saturated heterocycles. The van der Waals surface area contributed by atoms with E-state index in [0.29, 0.717) is 27.7 Å². The van der Waals surface area contributed by atoms with Crippen molar-refractivity contribution in [2.45, 2.75) is 13.8 Å². The minimum absolute atomic E-state index is 0.117. The maximum absolute atomic E-state index is 13.6. The van der Waals surface area contributed by atoms with Crippen LogP contribution in [0.1, 0.15) is 21.5 Å². The molecule has 0 unspecified atom stereocenters. The SMILES string of the molecule is Cc1c(-c2cccs2)nc2c(C)cc(F)cc2c1C(=O)O. The Labute approximate surface area is 124 Å². The molecule has 0 atom stereocenters. The van der Waals surface area contributed by atoms with E-state index in [1.165, 1.54) is 23.5 Å². The van der Waals surface area contributed by atoms with Gasteiger partial charge in [0.05, 0.1) is 21.7 Å². The molecule has 0 spiro atoms. The first-order chi connectivity index (χ1) is 9.99. The second-order valence-electron chi connectivity index (χ2n) is 4.86. The molecule has 5 heteroatoms. The maximum Gasteiger partial charge on any atom is 0.336 e. The molecule has 1 aromatic carbocycles. The third kappa shape index (κ3) is 2.19. The molecule has 3 nitrogen and oxygen atoms in total. The van der Waals surface area contributed by atoms with Crippen molar-refractivity contribution in [1.82, 2.24) is 4.98 Å². The largest absolute Gasteiger partial charge is 0.478 e. The van der Waals surface area contributed by atoms with Crippen molar-refractivity contribution in [3.63, 3.8) is 0 Å². The number of benzene rings is 1. The summed E-state index contributed by atoms with van der Waals surface area (Å²) in [5.74, 6) is -1.52. The number of carboxylic acids is 1. The third-order valence-corrected chi connectivity index (χ3v) is 4.33. The Morgan fingerprint density at radius 2 is 2.10 bits per heavy atom. The molecule has 0 fully saturated rings. The second kappa shape index (κ2) is 4.93. The van der Waals surface area contributed by atoms with Crippen molar-refractivity contribution >= 4 is 28.2 Å². The van der Waals surface area contributed by atoms with E-state index in [2.05, 4.69) is 4.98 Å². The predicted octanol–water partition coefficient (Wildman–Crippen LogP) is 4.42. The molecule has 0 radical (unpaired) electrons. The number of carboxylic acid groups (broad SMARTS) is 1. The number of hydrogen-bond donors (Lipinski definition) is 1. The first kappa shape index (κ1) is 13.7. The van der Waals surface area contributed by atoms with E-state index in [1.807, 2.05) is 17.5 Å². The lowest BCUT2D eigenvalue weighted by Crippen LogP contribution is -2.05. The Kier molecular flexibility index (Phi) is 3.22. The molecule has 0 aliphatic rings. The monoisotopic (exact) mass is 301 g/mol. The van der Waals surface area contributed by atoms with Crippen molar-refractivity contribution in [3.05, 3.63) is 52.2 Å². The fourth-order valence-corrected chi connectivity index (χ4v) is 3.29. The van der Waals surface area contributed by atoms with Crippen LogP contribution in [0.25, 0.3) is 21.5 Å². The van der Waals surface area contributed by atoms with Crippen LogP contribution in [-0.2, 0) is 0 Å². The maximum atomic E-state index is 13.6. The van der Waals surface area contributed by atoms with Gasteiger partial charge in [-0.05, 0) is 48.6 Å². The van der Waals surface area contributed by atoms with Crippen LogP contribution in [0.5, 0.6) is 0 Å². The summed E-state index contributed by atoms with van der Waals surface area (Å²) in [7, 11) is 0. The van der Waals surface area contributed by atoms with Crippen LogP contribution in [0.4, 0.5) is 4.39 Å². The van der Waals surface area contributed by atoms with Gasteiger partial charge in [-0.15, -0.1) is 11.3 Å². The van der Waals surface area contributed by atoms with Crippen LogP contribution < -0.4 is 0 Å². The van der Waals surface area contributed by atoms with Gasteiger partial charge in [0.1, 0.15) is 5.82 Å². The zero-order chi connectivity index (χ0) is 15.1. The van der Waals surface area contributed by atoms with Gasteiger partial charge in [-0.1, -0.05) is 6.07 Å². The van der Waals surface area contributed by atoms with E-state index in [4.69, 9.17) is 0 Å². The Balaban J connectivity index is 2.48. The summed E-state index contributed by atoms with van der Waals surface area (Å²) in [5.41, 5.74) is 2.48. The van der Waals surface area contributed by atoms with Gasteiger partial charge in [0.25, 0.3) is 0 Å². The molecule has 0 bridgehead atoms. The fourth-order valence-electron chi connectivity index (χ4n) is 2.52. The summed E-state index contributed by atoms with van der Waals surface area (Å²) in [4.78, 5) is 17.1. The van der Waals surface area contributed by atoms with Crippen LogP contribution >= 0.6 is 11.3 Å². The molecule has 2 heterocycles. The van der Waals surface area contributed by atoms with E-state index in [-0.39, 0.29) is 5.56 Å². The Bertz CT molecular complexity index is 857. The van der Waals surface area contributed by atoms with Gasteiger partial charge >= 0.3 is 5.97 Å². The van der Waals surface area contributed by atoms with Crippen molar-refractivity contribution in [3.8, 4) is 10.6 Å². The Morgan fingerprint density at radius 3 is 2.71 bits per heavy atom. The fraction of sp³-hybridized carbons (Fsp3) is 0.125. The van der Waals surface area contributed by atoms with Gasteiger partial charge in [0.15, 0.2) is 0 Å². The summed E-state index contributed by atoms with van der Waals surface area (Å²) in [5, 5.41) is 11.8. The van der Waals surface area contributed by atoms with Crippen molar-refractivity contribution in [1.29, 1.82) is 0 Å². The third-order valence-electron chi connectivity index (χ3n) is 3.46. The second-order valence-corrected chi connectivity index (χ2v) is 5.81. The summed E-state index contributed by atoms with van der Waals surface area (Å²) < 4.78 is 13.6. The lowest BCUT2D eigenvalue weighted by Gasteiger charge is -2.12. The Hall–Kier alpha value is -2.27. The lowest BCUT2D eigenvalue weighted by atomic mass is 9.98. The molecule has 3 rings (SSSR count).